The summed E-state index contributed by atoms with van der Waals surface area (Å²) < 4.78 is 0. The Morgan fingerprint density at radius 1 is 0.952 bits per heavy atom. The second kappa shape index (κ2) is 7.22. The topological polar surface area (TPSA) is 64.1 Å². The third-order valence-electron chi connectivity index (χ3n) is 4.40. The molecule has 1 N–H and O–H groups in total. The van der Waals surface area contributed by atoms with Crippen molar-refractivity contribution >= 4 is 11.9 Å². The van der Waals surface area contributed by atoms with Crippen LogP contribution in [-0.2, 0) is 9.59 Å². The summed E-state index contributed by atoms with van der Waals surface area (Å²) in [6.07, 6.45) is 1.21. The molecule has 1 amide bonds. The third kappa shape index (κ3) is 4.97. The molecule has 2 aliphatic rings. The molecule has 6 nitrogen and oxygen atoms in total. The lowest BCUT2D eigenvalue weighted by Gasteiger charge is -2.38. The van der Waals surface area contributed by atoms with Crippen LogP contribution >= 0.6 is 0 Å². The lowest BCUT2D eigenvalue weighted by molar-refractivity contribution is -0.140. The summed E-state index contributed by atoms with van der Waals surface area (Å²) in [6.45, 7) is 9.75. The Morgan fingerprint density at radius 2 is 1.43 bits per heavy atom. The molecule has 0 aromatic rings. The molecule has 0 radical (unpaired) electrons. The van der Waals surface area contributed by atoms with Gasteiger partial charge in [0, 0.05) is 39.3 Å². The monoisotopic (exact) mass is 297 g/mol. The minimum absolute atomic E-state index is 0.100. The van der Waals surface area contributed by atoms with E-state index in [1.54, 1.807) is 0 Å². The first-order chi connectivity index (χ1) is 9.94. The zero-order valence-corrected chi connectivity index (χ0v) is 13.1. The van der Waals surface area contributed by atoms with Crippen molar-refractivity contribution in [1.29, 1.82) is 0 Å². The fraction of sp³-hybridized carbons (Fsp3) is 0.867. The van der Waals surface area contributed by atoms with Crippen molar-refractivity contribution in [2.45, 2.75) is 20.3 Å². The lowest BCUT2D eigenvalue weighted by Crippen LogP contribution is -2.52. The van der Waals surface area contributed by atoms with Crippen molar-refractivity contribution in [3.8, 4) is 0 Å². The van der Waals surface area contributed by atoms with Crippen molar-refractivity contribution < 1.29 is 14.7 Å². The van der Waals surface area contributed by atoms with Crippen LogP contribution in [0.25, 0.3) is 0 Å². The van der Waals surface area contributed by atoms with Crippen molar-refractivity contribution in [3.63, 3.8) is 0 Å². The molecule has 0 aromatic heterocycles. The van der Waals surface area contributed by atoms with E-state index in [1.165, 1.54) is 6.42 Å². The SMILES string of the molecule is C[C@H]1C[C@H](C)CN(C(=O)CN2CCN(CC(=O)O)CC2)C1. The van der Waals surface area contributed by atoms with E-state index in [0.29, 0.717) is 18.4 Å². The molecule has 6 heteroatoms. The van der Waals surface area contributed by atoms with Gasteiger partial charge in [0.2, 0.25) is 5.91 Å². The van der Waals surface area contributed by atoms with Gasteiger partial charge in [0.15, 0.2) is 0 Å². The van der Waals surface area contributed by atoms with Gasteiger partial charge < -0.3 is 10.0 Å². The number of hydrogen-bond donors (Lipinski definition) is 1. The minimum atomic E-state index is -0.782. The summed E-state index contributed by atoms with van der Waals surface area (Å²) in [4.78, 5) is 29.1. The van der Waals surface area contributed by atoms with Crippen LogP contribution in [0.4, 0.5) is 0 Å². The zero-order valence-electron chi connectivity index (χ0n) is 13.1. The van der Waals surface area contributed by atoms with Crippen molar-refractivity contribution in [2.24, 2.45) is 11.8 Å². The van der Waals surface area contributed by atoms with Crippen molar-refractivity contribution in [2.75, 3.05) is 52.4 Å². The van der Waals surface area contributed by atoms with Gasteiger partial charge in [0.05, 0.1) is 13.1 Å². The van der Waals surface area contributed by atoms with Crippen molar-refractivity contribution in [1.82, 2.24) is 14.7 Å². The number of piperazine rings is 1. The Bertz CT molecular complexity index is 370. The molecule has 2 atom stereocenters. The van der Waals surface area contributed by atoms with Crippen LogP contribution in [-0.4, -0.2) is 84.0 Å². The van der Waals surface area contributed by atoms with E-state index in [2.05, 4.69) is 18.7 Å². The van der Waals surface area contributed by atoms with Gasteiger partial charge in [-0.3, -0.25) is 19.4 Å². The van der Waals surface area contributed by atoms with Crippen LogP contribution in [0.15, 0.2) is 0 Å². The molecule has 2 aliphatic heterocycles. The molecule has 0 unspecified atom stereocenters. The molecule has 2 saturated heterocycles. The van der Waals surface area contributed by atoms with Gasteiger partial charge >= 0.3 is 5.97 Å². The molecule has 120 valence electrons. The van der Waals surface area contributed by atoms with E-state index < -0.39 is 5.97 Å². The number of carbonyl (C=O) groups is 2. The Morgan fingerprint density at radius 3 is 1.90 bits per heavy atom. The molecule has 0 saturated carbocycles. The number of amides is 1. The van der Waals surface area contributed by atoms with Crippen LogP contribution in [0.3, 0.4) is 0 Å². The standard InChI is InChI=1S/C15H27N3O3/c1-12-7-13(2)9-18(8-12)14(19)10-16-3-5-17(6-4-16)11-15(20)21/h12-13H,3-11H2,1-2H3,(H,20,21)/t12-,13-/m0/s1. The second-order valence-corrected chi connectivity index (χ2v) is 6.69. The average molecular weight is 297 g/mol. The highest BCUT2D eigenvalue weighted by Crippen LogP contribution is 2.21. The Balaban J connectivity index is 1.75. The number of hydrogen-bond acceptors (Lipinski definition) is 4. The fourth-order valence-corrected chi connectivity index (χ4v) is 3.45. The molecule has 2 heterocycles. The summed E-state index contributed by atoms with van der Waals surface area (Å²) in [7, 11) is 0. The van der Waals surface area contributed by atoms with E-state index >= 15 is 0 Å². The summed E-state index contributed by atoms with van der Waals surface area (Å²) >= 11 is 0. The number of aliphatic carboxylic acids is 1. The smallest absolute Gasteiger partial charge is 0.317 e. The number of carboxylic acid groups (broad SMARTS) is 1. The number of carboxylic acids is 1. The predicted molar refractivity (Wildman–Crippen MR) is 80.0 cm³/mol. The molecule has 2 fully saturated rings. The minimum Gasteiger partial charge on any atom is -0.480 e. The van der Waals surface area contributed by atoms with Gasteiger partial charge in [-0.1, -0.05) is 13.8 Å². The van der Waals surface area contributed by atoms with Crippen LogP contribution in [0, 0.1) is 11.8 Å². The number of piperidine rings is 1. The van der Waals surface area contributed by atoms with E-state index in [-0.39, 0.29) is 12.5 Å². The Kier molecular flexibility index (Phi) is 5.58. The second-order valence-electron chi connectivity index (χ2n) is 6.69. The number of nitrogens with zero attached hydrogens (tertiary/aromatic N) is 3. The first-order valence-electron chi connectivity index (χ1n) is 7.88. The fourth-order valence-electron chi connectivity index (χ4n) is 3.45. The highest BCUT2D eigenvalue weighted by molar-refractivity contribution is 5.78. The maximum Gasteiger partial charge on any atom is 0.317 e. The first kappa shape index (κ1) is 16.2. The normalized spacial score (nSPS) is 28.6. The van der Waals surface area contributed by atoms with Gasteiger partial charge in [-0.2, -0.15) is 0 Å². The van der Waals surface area contributed by atoms with Gasteiger partial charge in [0.25, 0.3) is 0 Å². The molecule has 0 bridgehead atoms. The first-order valence-corrected chi connectivity index (χ1v) is 7.88. The maximum atomic E-state index is 12.4. The maximum absolute atomic E-state index is 12.4. The molecular formula is C15H27N3O3. The molecular weight excluding hydrogens is 270 g/mol. The van der Waals surface area contributed by atoms with Crippen LogP contribution in [0.2, 0.25) is 0 Å². The quantitative estimate of drug-likeness (QED) is 0.803. The molecule has 0 aromatic carbocycles. The molecule has 21 heavy (non-hydrogen) atoms. The Labute approximate surface area is 126 Å². The average Bonchev–Trinajstić information content (AvgIpc) is 2.39. The van der Waals surface area contributed by atoms with Gasteiger partial charge in [-0.25, -0.2) is 0 Å². The largest absolute Gasteiger partial charge is 0.480 e. The third-order valence-corrected chi connectivity index (χ3v) is 4.40. The van der Waals surface area contributed by atoms with Crippen LogP contribution in [0.5, 0.6) is 0 Å². The predicted octanol–water partition coefficient (Wildman–Crippen LogP) is 0.193. The number of rotatable bonds is 4. The summed E-state index contributed by atoms with van der Waals surface area (Å²) in [5.41, 5.74) is 0. The highest BCUT2D eigenvalue weighted by atomic mass is 16.4. The number of carbonyl (C=O) groups excluding carboxylic acids is 1. The summed E-state index contributed by atoms with van der Waals surface area (Å²) in [5, 5.41) is 8.78. The summed E-state index contributed by atoms with van der Waals surface area (Å²) in [5.74, 6) is 0.617. The lowest BCUT2D eigenvalue weighted by atomic mass is 9.92. The summed E-state index contributed by atoms with van der Waals surface area (Å²) in [6, 6.07) is 0. The molecule has 0 aliphatic carbocycles. The molecule has 2 rings (SSSR count). The van der Waals surface area contributed by atoms with Crippen molar-refractivity contribution in [3.05, 3.63) is 0 Å². The van der Waals surface area contributed by atoms with Crippen LogP contribution in [0.1, 0.15) is 20.3 Å². The van der Waals surface area contributed by atoms with Gasteiger partial charge in [-0.15, -0.1) is 0 Å². The van der Waals surface area contributed by atoms with E-state index in [4.69, 9.17) is 5.11 Å². The highest BCUT2D eigenvalue weighted by Gasteiger charge is 2.27. The molecule has 0 spiro atoms. The zero-order chi connectivity index (χ0) is 15.4. The number of likely N-dealkylation sites (tertiary alicyclic amines) is 1. The van der Waals surface area contributed by atoms with E-state index in [9.17, 15) is 9.59 Å². The van der Waals surface area contributed by atoms with E-state index in [0.717, 1.165) is 39.3 Å². The van der Waals surface area contributed by atoms with Crippen LogP contribution < -0.4 is 0 Å². The Hall–Kier alpha value is -1.14. The van der Waals surface area contributed by atoms with E-state index in [1.807, 2.05) is 9.80 Å². The van der Waals surface area contributed by atoms with Gasteiger partial charge in [-0.05, 0) is 18.3 Å². The van der Waals surface area contributed by atoms with Gasteiger partial charge in [0.1, 0.15) is 0 Å².